The summed E-state index contributed by atoms with van der Waals surface area (Å²) in [5.74, 6) is -2.15. The number of ketones is 1. The van der Waals surface area contributed by atoms with Gasteiger partial charge in [0.05, 0.1) is 22.9 Å². The van der Waals surface area contributed by atoms with Crippen molar-refractivity contribution in [2.75, 3.05) is 11.5 Å². The number of carbonyl (C=O) groups excluding carboxylic acids is 3. The van der Waals surface area contributed by atoms with E-state index in [-0.39, 0.29) is 27.9 Å². The van der Waals surface area contributed by atoms with Crippen molar-refractivity contribution in [1.29, 1.82) is 0 Å². The van der Waals surface area contributed by atoms with Crippen LogP contribution >= 0.6 is 23.2 Å². The lowest BCUT2D eigenvalue weighted by Crippen LogP contribution is -2.43. The number of nitrogens with zero attached hydrogens (tertiary/aromatic N) is 1. The van der Waals surface area contributed by atoms with Crippen LogP contribution in [0.3, 0.4) is 0 Å². The SMILES string of the molecule is CCOC(=O)C(C)N1C(=O)C(=O)c2cc(Cl)cc(Cl)c21. The molecule has 0 aromatic heterocycles. The summed E-state index contributed by atoms with van der Waals surface area (Å²) in [5.41, 5.74) is 0.301. The normalized spacial score (nSPS) is 15.3. The van der Waals surface area contributed by atoms with Gasteiger partial charge in [-0.2, -0.15) is 0 Å². The minimum Gasteiger partial charge on any atom is -0.464 e. The quantitative estimate of drug-likeness (QED) is 0.635. The molecule has 5 nitrogen and oxygen atoms in total. The highest BCUT2D eigenvalue weighted by Crippen LogP contribution is 2.39. The molecule has 1 aliphatic rings. The molecule has 20 heavy (non-hydrogen) atoms. The van der Waals surface area contributed by atoms with Gasteiger partial charge in [0, 0.05) is 5.02 Å². The summed E-state index contributed by atoms with van der Waals surface area (Å²) in [6.07, 6.45) is 0. The second kappa shape index (κ2) is 5.42. The highest BCUT2D eigenvalue weighted by atomic mass is 35.5. The Morgan fingerprint density at radius 2 is 2.00 bits per heavy atom. The molecule has 1 unspecified atom stereocenters. The predicted octanol–water partition coefficient (Wildman–Crippen LogP) is 2.47. The van der Waals surface area contributed by atoms with Gasteiger partial charge in [0.15, 0.2) is 0 Å². The lowest BCUT2D eigenvalue weighted by Gasteiger charge is -2.23. The van der Waals surface area contributed by atoms with Gasteiger partial charge in [-0.3, -0.25) is 14.5 Å². The van der Waals surface area contributed by atoms with Crippen LogP contribution in [0.25, 0.3) is 0 Å². The van der Waals surface area contributed by atoms with E-state index in [9.17, 15) is 14.4 Å². The Morgan fingerprint density at radius 1 is 1.35 bits per heavy atom. The summed E-state index contributed by atoms with van der Waals surface area (Å²) < 4.78 is 4.86. The Hall–Kier alpha value is -1.59. The molecular weight excluding hydrogens is 305 g/mol. The van der Waals surface area contributed by atoms with Gasteiger partial charge < -0.3 is 4.74 Å². The van der Waals surface area contributed by atoms with E-state index in [0.29, 0.717) is 0 Å². The van der Waals surface area contributed by atoms with Gasteiger partial charge in [0.25, 0.3) is 11.7 Å². The van der Waals surface area contributed by atoms with Crippen molar-refractivity contribution in [3.8, 4) is 0 Å². The number of hydrogen-bond acceptors (Lipinski definition) is 4. The van der Waals surface area contributed by atoms with E-state index in [1.807, 2.05) is 0 Å². The Labute approximate surface area is 125 Å². The van der Waals surface area contributed by atoms with E-state index in [1.165, 1.54) is 19.1 Å². The fraction of sp³-hybridized carbons (Fsp3) is 0.308. The van der Waals surface area contributed by atoms with E-state index in [1.54, 1.807) is 6.92 Å². The summed E-state index contributed by atoms with van der Waals surface area (Å²) in [6, 6.07) is 1.84. The highest BCUT2D eigenvalue weighted by Gasteiger charge is 2.42. The molecule has 0 bridgehead atoms. The molecule has 0 N–H and O–H groups in total. The number of Topliss-reactive ketones (excluding diaryl/α,β-unsaturated/α-hetero) is 1. The maximum atomic E-state index is 12.0. The van der Waals surface area contributed by atoms with E-state index < -0.39 is 23.7 Å². The lowest BCUT2D eigenvalue weighted by molar-refractivity contribution is -0.145. The monoisotopic (exact) mass is 315 g/mol. The molecule has 0 saturated carbocycles. The van der Waals surface area contributed by atoms with Crippen LogP contribution in [-0.4, -0.2) is 30.3 Å². The first kappa shape index (κ1) is 14.8. The van der Waals surface area contributed by atoms with Gasteiger partial charge in [-0.15, -0.1) is 0 Å². The predicted molar refractivity (Wildman–Crippen MR) is 74.4 cm³/mol. The van der Waals surface area contributed by atoms with E-state index >= 15 is 0 Å². The molecule has 1 aromatic carbocycles. The number of amides is 1. The largest absolute Gasteiger partial charge is 0.464 e. The maximum Gasteiger partial charge on any atom is 0.328 e. The zero-order chi connectivity index (χ0) is 15.0. The summed E-state index contributed by atoms with van der Waals surface area (Å²) in [5, 5.41) is 0.392. The lowest BCUT2D eigenvalue weighted by atomic mass is 10.1. The smallest absolute Gasteiger partial charge is 0.328 e. The van der Waals surface area contributed by atoms with Crippen molar-refractivity contribution >= 4 is 46.5 Å². The number of carbonyl (C=O) groups is 3. The van der Waals surface area contributed by atoms with Gasteiger partial charge in [-0.25, -0.2) is 4.79 Å². The molecule has 2 rings (SSSR count). The van der Waals surface area contributed by atoms with Crippen LogP contribution in [0.4, 0.5) is 5.69 Å². The number of hydrogen-bond donors (Lipinski definition) is 0. The summed E-state index contributed by atoms with van der Waals surface area (Å²) in [4.78, 5) is 36.8. The van der Waals surface area contributed by atoms with Gasteiger partial charge in [0.1, 0.15) is 6.04 Å². The third-order valence-electron chi connectivity index (χ3n) is 2.94. The van der Waals surface area contributed by atoms with Crippen molar-refractivity contribution < 1.29 is 19.1 Å². The third kappa shape index (κ3) is 2.27. The Bertz CT molecular complexity index is 615. The molecule has 1 atom stereocenters. The maximum absolute atomic E-state index is 12.0. The van der Waals surface area contributed by atoms with Gasteiger partial charge >= 0.3 is 5.97 Å². The first-order valence-electron chi connectivity index (χ1n) is 5.92. The minimum atomic E-state index is -0.939. The second-order valence-corrected chi connectivity index (χ2v) is 5.06. The van der Waals surface area contributed by atoms with E-state index in [4.69, 9.17) is 27.9 Å². The van der Waals surface area contributed by atoms with Crippen molar-refractivity contribution in [3.05, 3.63) is 27.7 Å². The first-order valence-corrected chi connectivity index (χ1v) is 6.67. The minimum absolute atomic E-state index is 0.101. The fourth-order valence-electron chi connectivity index (χ4n) is 2.05. The number of ether oxygens (including phenoxy) is 1. The van der Waals surface area contributed by atoms with Crippen molar-refractivity contribution in [2.45, 2.75) is 19.9 Å². The van der Waals surface area contributed by atoms with Gasteiger partial charge in [0.2, 0.25) is 0 Å². The summed E-state index contributed by atoms with van der Waals surface area (Å²) in [6.45, 7) is 3.31. The number of fused-ring (bicyclic) bond motifs is 1. The number of benzene rings is 1. The van der Waals surface area contributed by atoms with Crippen LogP contribution in [0.2, 0.25) is 10.0 Å². The zero-order valence-corrected chi connectivity index (χ0v) is 12.3. The molecule has 1 amide bonds. The zero-order valence-electron chi connectivity index (χ0n) is 10.8. The second-order valence-electron chi connectivity index (χ2n) is 4.22. The van der Waals surface area contributed by atoms with Crippen LogP contribution in [0.1, 0.15) is 24.2 Å². The molecular formula is C13H11Cl2NO4. The van der Waals surface area contributed by atoms with E-state index in [0.717, 1.165) is 4.90 Å². The van der Waals surface area contributed by atoms with Crippen molar-refractivity contribution in [3.63, 3.8) is 0 Å². The molecule has 1 aromatic rings. The standard InChI is InChI=1S/C13H11Cl2NO4/c1-3-20-13(19)6(2)16-10-8(11(17)12(16)18)4-7(14)5-9(10)15/h4-6H,3H2,1-2H3. The average Bonchev–Trinajstić information content (AvgIpc) is 2.63. The molecule has 0 fully saturated rings. The topological polar surface area (TPSA) is 63.7 Å². The van der Waals surface area contributed by atoms with Crippen LogP contribution < -0.4 is 4.90 Å². The number of halogens is 2. The molecule has 7 heteroatoms. The number of anilines is 1. The van der Waals surface area contributed by atoms with Gasteiger partial charge in [-0.05, 0) is 26.0 Å². The summed E-state index contributed by atoms with van der Waals surface area (Å²) >= 11 is 11.9. The van der Waals surface area contributed by atoms with Gasteiger partial charge in [-0.1, -0.05) is 23.2 Å². The van der Waals surface area contributed by atoms with Crippen LogP contribution in [-0.2, 0) is 14.3 Å². The molecule has 0 radical (unpaired) electrons. The number of esters is 1. The fourth-order valence-corrected chi connectivity index (χ4v) is 2.63. The third-order valence-corrected chi connectivity index (χ3v) is 3.45. The van der Waals surface area contributed by atoms with E-state index in [2.05, 4.69) is 0 Å². The highest BCUT2D eigenvalue weighted by molar-refractivity contribution is 6.55. The molecule has 1 aliphatic heterocycles. The first-order chi connectivity index (χ1) is 9.38. The Balaban J connectivity index is 2.51. The van der Waals surface area contributed by atoms with Crippen LogP contribution in [0.15, 0.2) is 12.1 Å². The van der Waals surface area contributed by atoms with Crippen LogP contribution in [0, 0.1) is 0 Å². The molecule has 1 heterocycles. The molecule has 0 spiro atoms. The Morgan fingerprint density at radius 3 is 2.60 bits per heavy atom. The molecule has 0 saturated heterocycles. The Kier molecular flexibility index (Phi) is 4.01. The van der Waals surface area contributed by atoms with Crippen molar-refractivity contribution in [1.82, 2.24) is 0 Å². The van der Waals surface area contributed by atoms with Crippen LogP contribution in [0.5, 0.6) is 0 Å². The summed E-state index contributed by atoms with van der Waals surface area (Å²) in [7, 11) is 0. The average molecular weight is 316 g/mol. The molecule has 0 aliphatic carbocycles. The molecule has 106 valence electrons. The number of rotatable bonds is 3. The van der Waals surface area contributed by atoms with Crippen molar-refractivity contribution in [2.24, 2.45) is 0 Å².